The molecule has 0 fully saturated rings. The summed E-state index contributed by atoms with van der Waals surface area (Å²) in [4.78, 5) is 19.4. The summed E-state index contributed by atoms with van der Waals surface area (Å²) in [6.45, 7) is 7.21. The third kappa shape index (κ3) is 15.8. The number of urea groups is 1. The van der Waals surface area contributed by atoms with E-state index in [2.05, 4.69) is 22.8 Å². The molecule has 0 bridgehead atoms. The number of esters is 1. The van der Waals surface area contributed by atoms with Gasteiger partial charge >= 0.3 is 12.0 Å². The zero-order valence-corrected chi connectivity index (χ0v) is 7.29. The van der Waals surface area contributed by atoms with Gasteiger partial charge in [-0.25, -0.2) is 9.59 Å². The van der Waals surface area contributed by atoms with E-state index in [1.807, 2.05) is 0 Å². The first-order valence-corrected chi connectivity index (χ1v) is 3.29. The Morgan fingerprint density at radius 3 is 1.83 bits per heavy atom. The Kier molecular flexibility index (Phi) is 8.28. The fraction of sp³-hybridized carbons (Fsp3) is 0.429. The van der Waals surface area contributed by atoms with E-state index < -0.39 is 6.03 Å². The number of ether oxygens (including phenoxy) is 1. The molecule has 0 aromatic rings. The van der Waals surface area contributed by atoms with Crippen molar-refractivity contribution in [3.05, 3.63) is 12.2 Å². The summed E-state index contributed by atoms with van der Waals surface area (Å²) >= 11 is 0. The van der Waals surface area contributed by atoms with Gasteiger partial charge in [-0.2, -0.15) is 0 Å². The summed E-state index contributed by atoms with van der Waals surface area (Å²) in [5, 5.41) is 0. The normalized spacial score (nSPS) is 7.50. The average molecular weight is 174 g/mol. The third-order valence-corrected chi connectivity index (χ3v) is 0.624. The number of hydrogen-bond donors (Lipinski definition) is 2. The standard InChI is InChI=1S/C6H10O2.CH4N2O/c1-4-8-6(7)5(2)3;2-1(3)4/h2,4H2,1,3H3;(H4,2,3,4). The summed E-state index contributed by atoms with van der Waals surface area (Å²) in [7, 11) is 0. The van der Waals surface area contributed by atoms with E-state index in [-0.39, 0.29) is 5.97 Å². The minimum absolute atomic E-state index is 0.312. The van der Waals surface area contributed by atoms with Gasteiger partial charge in [0.2, 0.25) is 0 Å². The van der Waals surface area contributed by atoms with Gasteiger partial charge in [0.25, 0.3) is 0 Å². The second kappa shape index (κ2) is 7.59. The molecule has 70 valence electrons. The predicted molar refractivity (Wildman–Crippen MR) is 45.2 cm³/mol. The first kappa shape index (κ1) is 13.1. The molecule has 0 unspecified atom stereocenters. The van der Waals surface area contributed by atoms with E-state index in [0.29, 0.717) is 12.2 Å². The van der Waals surface area contributed by atoms with E-state index in [1.54, 1.807) is 13.8 Å². The summed E-state index contributed by atoms with van der Waals surface area (Å²) < 4.78 is 4.56. The molecule has 0 aliphatic heterocycles. The Hall–Kier alpha value is -1.52. The van der Waals surface area contributed by atoms with Gasteiger partial charge in [0.1, 0.15) is 0 Å². The van der Waals surface area contributed by atoms with Gasteiger partial charge in [-0.15, -0.1) is 0 Å². The fourth-order valence-electron chi connectivity index (χ4n) is 0.254. The highest BCUT2D eigenvalue weighted by Crippen LogP contribution is 1.89. The molecule has 0 aromatic heterocycles. The minimum Gasteiger partial charge on any atom is -0.463 e. The van der Waals surface area contributed by atoms with Crippen LogP contribution in [0.25, 0.3) is 0 Å². The van der Waals surface area contributed by atoms with Gasteiger partial charge in [0.15, 0.2) is 0 Å². The molecular formula is C7H14N2O3. The van der Waals surface area contributed by atoms with Gasteiger partial charge in [-0.05, 0) is 13.8 Å². The van der Waals surface area contributed by atoms with Crippen molar-refractivity contribution >= 4 is 12.0 Å². The molecule has 0 heterocycles. The fourth-order valence-corrected chi connectivity index (χ4v) is 0.254. The zero-order chi connectivity index (χ0) is 10.1. The van der Waals surface area contributed by atoms with Crippen LogP contribution in [-0.2, 0) is 9.53 Å². The van der Waals surface area contributed by atoms with Gasteiger partial charge in [-0.1, -0.05) is 6.58 Å². The smallest absolute Gasteiger partial charge is 0.333 e. The van der Waals surface area contributed by atoms with Crippen molar-refractivity contribution in [1.82, 2.24) is 0 Å². The van der Waals surface area contributed by atoms with Crippen molar-refractivity contribution in [3.63, 3.8) is 0 Å². The molecule has 0 aliphatic carbocycles. The van der Waals surface area contributed by atoms with Crippen molar-refractivity contribution in [3.8, 4) is 0 Å². The molecule has 0 atom stereocenters. The number of nitrogens with two attached hydrogens (primary N) is 2. The minimum atomic E-state index is -0.833. The van der Waals surface area contributed by atoms with Crippen LogP contribution in [0.5, 0.6) is 0 Å². The van der Waals surface area contributed by atoms with Crippen LogP contribution >= 0.6 is 0 Å². The Bertz CT molecular complexity index is 173. The topological polar surface area (TPSA) is 95.4 Å². The first-order chi connectivity index (χ1) is 5.41. The van der Waals surface area contributed by atoms with Crippen LogP contribution in [0.4, 0.5) is 4.79 Å². The maximum Gasteiger partial charge on any atom is 0.333 e. The van der Waals surface area contributed by atoms with Crippen molar-refractivity contribution in [2.24, 2.45) is 11.5 Å². The first-order valence-electron chi connectivity index (χ1n) is 3.29. The lowest BCUT2D eigenvalue weighted by molar-refractivity contribution is -0.138. The maximum absolute atomic E-state index is 10.4. The second-order valence-corrected chi connectivity index (χ2v) is 1.90. The van der Waals surface area contributed by atoms with Crippen LogP contribution < -0.4 is 11.5 Å². The second-order valence-electron chi connectivity index (χ2n) is 1.90. The van der Waals surface area contributed by atoms with E-state index in [4.69, 9.17) is 4.79 Å². The zero-order valence-electron chi connectivity index (χ0n) is 7.29. The maximum atomic E-state index is 10.4. The van der Waals surface area contributed by atoms with Crippen molar-refractivity contribution in [2.75, 3.05) is 6.61 Å². The average Bonchev–Trinajstić information content (AvgIpc) is 1.86. The largest absolute Gasteiger partial charge is 0.463 e. The lowest BCUT2D eigenvalue weighted by atomic mass is 10.4. The summed E-state index contributed by atoms with van der Waals surface area (Å²) in [6, 6.07) is -0.833. The summed E-state index contributed by atoms with van der Waals surface area (Å²) in [5.41, 5.74) is 8.95. The molecule has 0 spiro atoms. The number of rotatable bonds is 2. The monoisotopic (exact) mass is 174 g/mol. The van der Waals surface area contributed by atoms with Gasteiger partial charge < -0.3 is 16.2 Å². The molecule has 0 rings (SSSR count). The number of hydrogen-bond acceptors (Lipinski definition) is 3. The van der Waals surface area contributed by atoms with E-state index in [1.165, 1.54) is 0 Å². The summed E-state index contributed by atoms with van der Waals surface area (Å²) in [5.74, 6) is -0.312. The van der Waals surface area contributed by atoms with Gasteiger partial charge in [0, 0.05) is 5.57 Å². The molecular weight excluding hydrogens is 160 g/mol. The molecule has 5 heteroatoms. The Morgan fingerprint density at radius 1 is 1.42 bits per heavy atom. The number of carbonyl (C=O) groups excluding carboxylic acids is 2. The van der Waals surface area contributed by atoms with E-state index >= 15 is 0 Å². The number of amides is 2. The van der Waals surface area contributed by atoms with Gasteiger partial charge in [-0.3, -0.25) is 0 Å². The molecule has 0 radical (unpaired) electrons. The predicted octanol–water partition coefficient (Wildman–Crippen LogP) is 0.149. The van der Waals surface area contributed by atoms with Crippen LogP contribution in [0.15, 0.2) is 12.2 Å². The van der Waals surface area contributed by atoms with Crippen LogP contribution in [0.2, 0.25) is 0 Å². The molecule has 2 amide bonds. The van der Waals surface area contributed by atoms with Gasteiger partial charge in [0.05, 0.1) is 6.61 Å². The summed E-state index contributed by atoms with van der Waals surface area (Å²) in [6.07, 6.45) is 0. The Morgan fingerprint density at radius 2 is 1.75 bits per heavy atom. The third-order valence-electron chi connectivity index (χ3n) is 0.624. The molecule has 4 N–H and O–H groups in total. The molecule has 0 saturated carbocycles. The van der Waals surface area contributed by atoms with E-state index in [0.717, 1.165) is 0 Å². The van der Waals surface area contributed by atoms with Crippen LogP contribution in [0.1, 0.15) is 13.8 Å². The highest BCUT2D eigenvalue weighted by atomic mass is 16.5. The molecule has 12 heavy (non-hydrogen) atoms. The van der Waals surface area contributed by atoms with Crippen molar-refractivity contribution < 1.29 is 14.3 Å². The molecule has 0 saturated heterocycles. The van der Waals surface area contributed by atoms with Crippen LogP contribution in [0.3, 0.4) is 0 Å². The Balaban J connectivity index is 0. The number of primary amides is 2. The molecule has 0 aromatic carbocycles. The van der Waals surface area contributed by atoms with Crippen LogP contribution in [-0.4, -0.2) is 18.6 Å². The Labute approximate surface area is 71.4 Å². The SMILES string of the molecule is C=C(C)C(=O)OCC.NC(N)=O. The molecule has 5 nitrogen and oxygen atoms in total. The number of carbonyl (C=O) groups is 2. The van der Waals surface area contributed by atoms with Crippen molar-refractivity contribution in [1.29, 1.82) is 0 Å². The lowest BCUT2D eigenvalue weighted by Crippen LogP contribution is -2.18. The van der Waals surface area contributed by atoms with Crippen molar-refractivity contribution in [2.45, 2.75) is 13.8 Å². The highest BCUT2D eigenvalue weighted by molar-refractivity contribution is 5.86. The lowest BCUT2D eigenvalue weighted by Gasteiger charge is -1.96. The quantitative estimate of drug-likeness (QED) is 0.460. The van der Waals surface area contributed by atoms with E-state index in [9.17, 15) is 4.79 Å². The molecule has 0 aliphatic rings. The van der Waals surface area contributed by atoms with Crippen LogP contribution in [0, 0.1) is 0 Å². The highest BCUT2D eigenvalue weighted by Gasteiger charge is 1.98.